The van der Waals surface area contributed by atoms with Gasteiger partial charge in [0.25, 0.3) is 0 Å². The molecule has 1 N–H and O–H groups in total. The van der Waals surface area contributed by atoms with Crippen molar-refractivity contribution in [3.8, 4) is 0 Å². The van der Waals surface area contributed by atoms with Crippen LogP contribution in [0.15, 0.2) is 53.0 Å². The number of anilines is 1. The van der Waals surface area contributed by atoms with Gasteiger partial charge in [0.05, 0.1) is 21.6 Å². The summed E-state index contributed by atoms with van der Waals surface area (Å²) in [5, 5.41) is 22.1. The number of hydrogen-bond acceptors (Lipinski definition) is 9. The Hall–Kier alpha value is -3.84. The van der Waals surface area contributed by atoms with Crippen molar-refractivity contribution >= 4 is 61.8 Å². The lowest BCUT2D eigenvalue weighted by molar-refractivity contribution is -0.389. The minimum absolute atomic E-state index is 0.169. The Labute approximate surface area is 201 Å². The van der Waals surface area contributed by atoms with Crippen molar-refractivity contribution in [3.63, 3.8) is 0 Å². The second-order valence-electron chi connectivity index (χ2n) is 7.41. The van der Waals surface area contributed by atoms with Gasteiger partial charge < -0.3 is 20.0 Å². The molecule has 0 atom stereocenters. The fraction of sp³-hybridized carbons (Fsp3) is 0.190. The molecule has 0 spiro atoms. The molecule has 0 saturated heterocycles. The first kappa shape index (κ1) is 22.0. The van der Waals surface area contributed by atoms with E-state index >= 15 is 0 Å². The molecule has 0 fully saturated rings. The molecule has 0 aliphatic rings. The number of rotatable bonds is 8. The lowest BCUT2D eigenvalue weighted by atomic mass is 10.3. The van der Waals surface area contributed by atoms with Crippen molar-refractivity contribution in [1.82, 2.24) is 29.5 Å². The molecule has 172 valence electrons. The van der Waals surface area contributed by atoms with Crippen molar-refractivity contribution in [3.05, 3.63) is 64.6 Å². The smallest absolute Gasteiger partial charge is 0.358 e. The summed E-state index contributed by atoms with van der Waals surface area (Å²) in [6.45, 7) is 1.97. The number of nitrogens with one attached hydrogen (secondary N) is 1. The fourth-order valence-corrected chi connectivity index (χ4v) is 5.41. The Kier molecular flexibility index (Phi) is 5.94. The summed E-state index contributed by atoms with van der Waals surface area (Å²) in [5.41, 5.74) is 3.36. The lowest BCUT2D eigenvalue weighted by Gasteiger charge is -2.06. The van der Waals surface area contributed by atoms with Crippen LogP contribution in [0.5, 0.6) is 0 Å². The monoisotopic (exact) mass is 494 g/mol. The van der Waals surface area contributed by atoms with Crippen LogP contribution >= 0.6 is 23.1 Å². The van der Waals surface area contributed by atoms with E-state index < -0.39 is 4.92 Å². The van der Waals surface area contributed by atoms with Crippen molar-refractivity contribution in [2.24, 2.45) is 0 Å². The molecule has 0 aliphatic carbocycles. The summed E-state index contributed by atoms with van der Waals surface area (Å²) in [6, 6.07) is 13.4. The minimum Gasteiger partial charge on any atom is -0.358 e. The van der Waals surface area contributed by atoms with Crippen LogP contribution in [0.4, 0.5) is 11.5 Å². The van der Waals surface area contributed by atoms with Gasteiger partial charge in [-0.1, -0.05) is 29.1 Å². The summed E-state index contributed by atoms with van der Waals surface area (Å²) in [7, 11) is 0. The zero-order chi connectivity index (χ0) is 23.7. The Morgan fingerprint density at radius 1 is 1.21 bits per heavy atom. The Morgan fingerprint density at radius 2 is 2.06 bits per heavy atom. The average Bonchev–Trinajstić information content (AvgIpc) is 3.52. The van der Waals surface area contributed by atoms with Crippen LogP contribution in [0.3, 0.4) is 0 Å². The number of aromatic nitrogens is 6. The van der Waals surface area contributed by atoms with Crippen LogP contribution in [-0.4, -0.2) is 40.4 Å². The van der Waals surface area contributed by atoms with Gasteiger partial charge in [-0.05, 0) is 40.2 Å². The summed E-state index contributed by atoms with van der Waals surface area (Å²) >= 11 is 3.12. The van der Waals surface area contributed by atoms with Crippen LogP contribution in [0.25, 0.3) is 21.3 Å². The maximum Gasteiger partial charge on any atom is 0.381 e. The standard InChI is InChI=1S/C21H18N8O3S2/c1-13-22-19(29(31)32)11-27(13)9-8-20(30)23-14-6-7-16-18(10-14)34-21(24-16)33-12-28-17-5-3-2-4-15(17)25-26-28/h2-7,10-11H,8-9,12H2,1H3,(H,23,30). The number of carbonyl (C=O) groups excluding carboxylic acids is 1. The van der Waals surface area contributed by atoms with Crippen molar-refractivity contribution in [2.75, 3.05) is 5.32 Å². The lowest BCUT2D eigenvalue weighted by Crippen LogP contribution is -2.14. The van der Waals surface area contributed by atoms with E-state index in [1.54, 1.807) is 34.6 Å². The fourth-order valence-electron chi connectivity index (χ4n) is 3.42. The van der Waals surface area contributed by atoms with E-state index in [1.165, 1.54) is 6.20 Å². The highest BCUT2D eigenvalue weighted by atomic mass is 32.2. The highest BCUT2D eigenvalue weighted by Gasteiger charge is 2.16. The second-order valence-corrected chi connectivity index (χ2v) is 9.63. The number of imidazole rings is 1. The average molecular weight is 495 g/mol. The number of para-hydroxylation sites is 1. The molecule has 0 unspecified atom stereocenters. The summed E-state index contributed by atoms with van der Waals surface area (Å²) < 4.78 is 5.31. The molecule has 3 heterocycles. The van der Waals surface area contributed by atoms with E-state index in [1.807, 2.05) is 47.1 Å². The third-order valence-electron chi connectivity index (χ3n) is 5.11. The van der Waals surface area contributed by atoms with Gasteiger partial charge in [-0.3, -0.25) is 4.79 Å². The first-order chi connectivity index (χ1) is 16.5. The minimum atomic E-state index is -0.547. The molecule has 3 aromatic heterocycles. The second kappa shape index (κ2) is 9.19. The predicted octanol–water partition coefficient (Wildman–Crippen LogP) is 4.23. The van der Waals surface area contributed by atoms with Gasteiger partial charge >= 0.3 is 5.82 Å². The zero-order valence-corrected chi connectivity index (χ0v) is 19.5. The molecule has 11 nitrogen and oxygen atoms in total. The molecule has 5 aromatic rings. The molecule has 13 heteroatoms. The third kappa shape index (κ3) is 4.61. The van der Waals surface area contributed by atoms with Crippen LogP contribution in [0.1, 0.15) is 12.2 Å². The maximum atomic E-state index is 12.4. The molecule has 0 saturated carbocycles. The maximum absolute atomic E-state index is 12.4. The number of thioether (sulfide) groups is 1. The summed E-state index contributed by atoms with van der Waals surface area (Å²) in [6.07, 6.45) is 1.51. The van der Waals surface area contributed by atoms with Gasteiger partial charge in [-0.2, -0.15) is 0 Å². The van der Waals surface area contributed by atoms with Crippen LogP contribution in [-0.2, 0) is 17.2 Å². The number of thiazole rings is 1. The SMILES string of the molecule is Cc1nc([N+](=O)[O-])cn1CCC(=O)Nc1ccc2nc(SCn3nnc4ccccc43)sc2c1. The van der Waals surface area contributed by atoms with Gasteiger partial charge in [0, 0.05) is 25.6 Å². The quantitative estimate of drug-likeness (QED) is 0.192. The third-order valence-corrected chi connectivity index (χ3v) is 7.24. The number of aryl methyl sites for hydroxylation is 2. The Balaban J connectivity index is 1.21. The number of amides is 1. The molecule has 0 aliphatic heterocycles. The van der Waals surface area contributed by atoms with Gasteiger partial charge in [0.15, 0.2) is 4.34 Å². The molecule has 2 aromatic carbocycles. The van der Waals surface area contributed by atoms with E-state index in [9.17, 15) is 14.9 Å². The summed E-state index contributed by atoms with van der Waals surface area (Å²) in [5.74, 6) is 0.677. The molecular weight excluding hydrogens is 476 g/mol. The van der Waals surface area contributed by atoms with Crippen LogP contribution < -0.4 is 5.32 Å². The molecule has 0 radical (unpaired) electrons. The van der Waals surface area contributed by atoms with Crippen LogP contribution in [0, 0.1) is 17.0 Å². The van der Waals surface area contributed by atoms with Crippen LogP contribution in [0.2, 0.25) is 0 Å². The van der Waals surface area contributed by atoms with Gasteiger partial charge in [0.2, 0.25) is 11.7 Å². The van der Waals surface area contributed by atoms with E-state index in [-0.39, 0.29) is 18.1 Å². The number of benzene rings is 2. The number of nitrogens with zero attached hydrogens (tertiary/aromatic N) is 7. The highest BCUT2D eigenvalue weighted by molar-refractivity contribution is 8.00. The normalized spacial score (nSPS) is 11.3. The topological polar surface area (TPSA) is 134 Å². The number of nitro groups is 1. The van der Waals surface area contributed by atoms with Crippen molar-refractivity contribution in [1.29, 1.82) is 0 Å². The Morgan fingerprint density at radius 3 is 2.88 bits per heavy atom. The molecular formula is C21H18N8O3S2. The van der Waals surface area contributed by atoms with E-state index in [2.05, 4.69) is 25.6 Å². The van der Waals surface area contributed by atoms with Gasteiger partial charge in [0.1, 0.15) is 11.7 Å². The van der Waals surface area contributed by atoms with Crippen molar-refractivity contribution in [2.45, 2.75) is 30.1 Å². The van der Waals surface area contributed by atoms with Crippen molar-refractivity contribution < 1.29 is 9.72 Å². The first-order valence-electron chi connectivity index (χ1n) is 10.3. The molecule has 1 amide bonds. The van der Waals surface area contributed by atoms with E-state index in [4.69, 9.17) is 0 Å². The number of carbonyl (C=O) groups is 1. The molecule has 34 heavy (non-hydrogen) atoms. The largest absolute Gasteiger partial charge is 0.381 e. The number of hydrogen-bond donors (Lipinski definition) is 1. The van der Waals surface area contributed by atoms with Gasteiger partial charge in [-0.15, -0.1) is 16.4 Å². The highest BCUT2D eigenvalue weighted by Crippen LogP contribution is 2.32. The van der Waals surface area contributed by atoms with E-state index in [0.29, 0.717) is 23.9 Å². The Bertz CT molecular complexity index is 1520. The molecule has 0 bridgehead atoms. The van der Waals surface area contributed by atoms with E-state index in [0.717, 1.165) is 25.6 Å². The first-order valence-corrected chi connectivity index (χ1v) is 12.1. The number of fused-ring (bicyclic) bond motifs is 2. The zero-order valence-electron chi connectivity index (χ0n) is 17.9. The predicted molar refractivity (Wildman–Crippen MR) is 130 cm³/mol. The summed E-state index contributed by atoms with van der Waals surface area (Å²) in [4.78, 5) is 31.2. The van der Waals surface area contributed by atoms with Gasteiger partial charge in [-0.25, -0.2) is 9.67 Å². The molecule has 5 rings (SSSR count).